The summed E-state index contributed by atoms with van der Waals surface area (Å²) in [7, 11) is 0. The summed E-state index contributed by atoms with van der Waals surface area (Å²) < 4.78 is 6.89. The number of aromatic nitrogens is 2. The smallest absolute Gasteiger partial charge is 0.381 e. The molecule has 0 atom stereocenters. The minimum atomic E-state index is -0.547. The van der Waals surface area contributed by atoms with Gasteiger partial charge in [-0.2, -0.15) is 0 Å². The van der Waals surface area contributed by atoms with Crippen LogP contribution < -0.4 is 5.63 Å². The van der Waals surface area contributed by atoms with Crippen LogP contribution >= 0.6 is 0 Å². The second kappa shape index (κ2) is 5.92. The van der Waals surface area contributed by atoms with E-state index in [1.807, 2.05) is 19.1 Å². The summed E-state index contributed by atoms with van der Waals surface area (Å²) in [6.07, 6.45) is 2.73. The molecule has 0 radical (unpaired) electrons. The van der Waals surface area contributed by atoms with E-state index in [1.165, 1.54) is 24.2 Å². The van der Waals surface area contributed by atoms with Crippen LogP contribution in [0.5, 0.6) is 0 Å². The molecule has 2 aromatic heterocycles. The molecule has 0 saturated carbocycles. The Labute approximate surface area is 137 Å². The molecule has 1 aromatic carbocycles. The van der Waals surface area contributed by atoms with Crippen molar-refractivity contribution in [1.29, 1.82) is 0 Å². The number of hydrogen-bond acceptors (Lipinski definition) is 5. The molecule has 7 nitrogen and oxygen atoms in total. The Balaban J connectivity index is 2.13. The molecule has 124 valence electrons. The van der Waals surface area contributed by atoms with Crippen LogP contribution in [-0.4, -0.2) is 14.5 Å². The highest BCUT2D eigenvalue weighted by molar-refractivity contribution is 5.82. The molecule has 2 heterocycles. The van der Waals surface area contributed by atoms with Gasteiger partial charge in [0.15, 0.2) is 0 Å². The van der Waals surface area contributed by atoms with Crippen LogP contribution in [0.3, 0.4) is 0 Å². The minimum absolute atomic E-state index is 0.221. The summed E-state index contributed by atoms with van der Waals surface area (Å²) >= 11 is 0. The zero-order chi connectivity index (χ0) is 17.4. The zero-order valence-electron chi connectivity index (χ0n) is 13.6. The Morgan fingerprint density at radius 3 is 2.71 bits per heavy atom. The number of imidazole rings is 1. The van der Waals surface area contributed by atoms with Crippen molar-refractivity contribution in [3.63, 3.8) is 0 Å². The van der Waals surface area contributed by atoms with E-state index >= 15 is 0 Å². The van der Waals surface area contributed by atoms with Crippen molar-refractivity contribution < 1.29 is 9.34 Å². The fourth-order valence-corrected chi connectivity index (χ4v) is 2.87. The fourth-order valence-electron chi connectivity index (χ4n) is 2.87. The zero-order valence-corrected chi connectivity index (χ0v) is 13.6. The van der Waals surface area contributed by atoms with E-state index in [2.05, 4.69) is 18.8 Å². The molecular weight excluding hydrogens is 310 g/mol. The maximum absolute atomic E-state index is 11.8. The topological polar surface area (TPSA) is 91.2 Å². The molecule has 0 fully saturated rings. The molecule has 3 rings (SSSR count). The quantitative estimate of drug-likeness (QED) is 0.416. The highest BCUT2D eigenvalue weighted by Crippen LogP contribution is 2.27. The summed E-state index contributed by atoms with van der Waals surface area (Å²) in [5.41, 5.74) is 3.07. The molecule has 24 heavy (non-hydrogen) atoms. The lowest BCUT2D eigenvalue weighted by molar-refractivity contribution is -0.389. The van der Waals surface area contributed by atoms with Gasteiger partial charge in [-0.15, -0.1) is 0 Å². The second-order valence-electron chi connectivity index (χ2n) is 6.11. The number of hydrogen-bond donors (Lipinski definition) is 0. The van der Waals surface area contributed by atoms with E-state index in [0.29, 0.717) is 18.0 Å². The largest absolute Gasteiger partial charge is 0.423 e. The van der Waals surface area contributed by atoms with Gasteiger partial charge in [-0.05, 0) is 51.6 Å². The third-order valence-electron chi connectivity index (χ3n) is 4.00. The van der Waals surface area contributed by atoms with Gasteiger partial charge in [0.25, 0.3) is 0 Å². The van der Waals surface area contributed by atoms with Crippen molar-refractivity contribution >= 4 is 16.8 Å². The lowest BCUT2D eigenvalue weighted by atomic mass is 9.95. The first-order valence-corrected chi connectivity index (χ1v) is 7.58. The second-order valence-corrected chi connectivity index (χ2v) is 6.11. The predicted molar refractivity (Wildman–Crippen MR) is 89.3 cm³/mol. The standard InChI is InChI=1S/C17H17N3O4/c1-10(2)13-6-14-12(5-17(21)24-15(14)4-11(13)3)7-19-8-16(18-9-19)20(22)23/h4-6,8-10H,7H2,1-3H3. The first-order chi connectivity index (χ1) is 11.3. The van der Waals surface area contributed by atoms with Crippen LogP contribution in [0.1, 0.15) is 36.5 Å². The first-order valence-electron chi connectivity index (χ1n) is 7.58. The van der Waals surface area contributed by atoms with Crippen molar-refractivity contribution in [3.8, 4) is 0 Å². The van der Waals surface area contributed by atoms with E-state index in [4.69, 9.17) is 4.42 Å². The van der Waals surface area contributed by atoms with Gasteiger partial charge in [0.05, 0.1) is 6.54 Å². The number of fused-ring (bicyclic) bond motifs is 1. The summed E-state index contributed by atoms with van der Waals surface area (Å²) in [4.78, 5) is 25.8. The Kier molecular flexibility index (Phi) is 3.92. The van der Waals surface area contributed by atoms with E-state index in [1.54, 1.807) is 4.57 Å². The lowest BCUT2D eigenvalue weighted by Gasteiger charge is -2.13. The first kappa shape index (κ1) is 15.9. The van der Waals surface area contributed by atoms with Crippen molar-refractivity contribution in [2.24, 2.45) is 0 Å². The van der Waals surface area contributed by atoms with Gasteiger partial charge >= 0.3 is 11.4 Å². The van der Waals surface area contributed by atoms with E-state index in [-0.39, 0.29) is 5.82 Å². The Morgan fingerprint density at radius 1 is 1.33 bits per heavy atom. The van der Waals surface area contributed by atoms with Crippen LogP contribution in [0.15, 0.2) is 39.9 Å². The van der Waals surface area contributed by atoms with Crippen LogP contribution in [0.25, 0.3) is 11.0 Å². The SMILES string of the molecule is Cc1cc2oc(=O)cc(Cn3cnc([N+](=O)[O-])c3)c2cc1C(C)C. The fraction of sp³-hybridized carbons (Fsp3) is 0.294. The molecule has 3 aromatic rings. The normalized spacial score (nSPS) is 11.3. The van der Waals surface area contributed by atoms with Crippen LogP contribution in [0, 0.1) is 17.0 Å². The molecule has 0 aliphatic rings. The third kappa shape index (κ3) is 2.92. The van der Waals surface area contributed by atoms with Gasteiger partial charge in [-0.25, -0.2) is 4.79 Å². The monoisotopic (exact) mass is 327 g/mol. The molecule has 0 bridgehead atoms. The van der Waals surface area contributed by atoms with Crippen molar-refractivity contribution in [2.45, 2.75) is 33.2 Å². The van der Waals surface area contributed by atoms with Crippen molar-refractivity contribution in [2.75, 3.05) is 0 Å². The van der Waals surface area contributed by atoms with Gasteiger partial charge in [0.1, 0.15) is 11.8 Å². The molecule has 0 aliphatic carbocycles. The average Bonchev–Trinajstić information content (AvgIpc) is 2.94. The lowest BCUT2D eigenvalue weighted by Crippen LogP contribution is -2.06. The van der Waals surface area contributed by atoms with Gasteiger partial charge in [0.2, 0.25) is 6.33 Å². The number of rotatable bonds is 4. The highest BCUT2D eigenvalue weighted by atomic mass is 16.6. The molecule has 0 saturated heterocycles. The molecule has 0 spiro atoms. The molecular formula is C17H17N3O4. The summed E-state index contributed by atoms with van der Waals surface area (Å²) in [5, 5.41) is 11.6. The van der Waals surface area contributed by atoms with Crippen LogP contribution in [0.4, 0.5) is 5.82 Å². The molecule has 0 amide bonds. The van der Waals surface area contributed by atoms with Crippen molar-refractivity contribution in [1.82, 2.24) is 9.55 Å². The molecule has 7 heteroatoms. The Morgan fingerprint density at radius 2 is 2.08 bits per heavy atom. The Hall–Kier alpha value is -2.96. The maximum atomic E-state index is 11.8. The number of aryl methyl sites for hydroxylation is 1. The highest BCUT2D eigenvalue weighted by Gasteiger charge is 2.14. The maximum Gasteiger partial charge on any atom is 0.381 e. The minimum Gasteiger partial charge on any atom is -0.423 e. The van der Waals surface area contributed by atoms with E-state index in [0.717, 1.165) is 16.5 Å². The van der Waals surface area contributed by atoms with Crippen LogP contribution in [-0.2, 0) is 6.54 Å². The van der Waals surface area contributed by atoms with E-state index < -0.39 is 10.5 Å². The van der Waals surface area contributed by atoms with Crippen LogP contribution in [0.2, 0.25) is 0 Å². The summed E-state index contributed by atoms with van der Waals surface area (Å²) in [5.74, 6) is 0.115. The van der Waals surface area contributed by atoms with Gasteiger partial charge in [0, 0.05) is 11.5 Å². The molecule has 0 unspecified atom stereocenters. The third-order valence-corrected chi connectivity index (χ3v) is 4.00. The average molecular weight is 327 g/mol. The summed E-state index contributed by atoms with van der Waals surface area (Å²) in [6, 6.07) is 5.32. The number of nitro groups is 1. The van der Waals surface area contributed by atoms with E-state index in [9.17, 15) is 14.9 Å². The van der Waals surface area contributed by atoms with Crippen molar-refractivity contribution in [3.05, 3.63) is 67.9 Å². The molecule has 0 N–H and O–H groups in total. The Bertz CT molecular complexity index is 985. The van der Waals surface area contributed by atoms with Gasteiger partial charge in [-0.3, -0.25) is 0 Å². The summed E-state index contributed by atoms with van der Waals surface area (Å²) in [6.45, 7) is 6.50. The van der Waals surface area contributed by atoms with Gasteiger partial charge in [-0.1, -0.05) is 13.8 Å². The number of benzene rings is 1. The predicted octanol–water partition coefficient (Wildman–Crippen LogP) is 3.38. The molecule has 0 aliphatic heterocycles. The van der Waals surface area contributed by atoms with Gasteiger partial charge < -0.3 is 19.1 Å². The number of nitrogens with zero attached hydrogens (tertiary/aromatic N) is 3.